The number of carboxylic acids is 1. The minimum atomic E-state index is -5.14. The van der Waals surface area contributed by atoms with Crippen molar-refractivity contribution in [3.05, 3.63) is 47.5 Å². The number of anilines is 1. The SMILES string of the molecule is CC(=O)Nc1c(O)cccc1[As](=O)(O)O.Cc1ccc(O)c(C(=O)O)c1. The third kappa shape index (κ3) is 5.96. The summed E-state index contributed by atoms with van der Waals surface area (Å²) in [6, 6.07) is 8.17. The number of rotatable bonds is 3. The van der Waals surface area contributed by atoms with Crippen molar-refractivity contribution < 1.29 is 36.8 Å². The first-order valence-electron chi connectivity index (χ1n) is 7.12. The van der Waals surface area contributed by atoms with Gasteiger partial charge in [0.1, 0.15) is 11.3 Å². The van der Waals surface area contributed by atoms with Crippen LogP contribution in [0.2, 0.25) is 0 Å². The van der Waals surface area contributed by atoms with E-state index in [1.807, 2.05) is 0 Å². The normalized spacial score (nSPS) is 10.5. The molecule has 10 heteroatoms. The van der Waals surface area contributed by atoms with Gasteiger partial charge in [-0.15, -0.1) is 0 Å². The Balaban J connectivity index is 0.000000273. The summed E-state index contributed by atoms with van der Waals surface area (Å²) in [5.41, 5.74) is 0.544. The van der Waals surface area contributed by atoms with Gasteiger partial charge < -0.3 is 10.2 Å². The van der Waals surface area contributed by atoms with Crippen LogP contribution in [0.3, 0.4) is 0 Å². The number of phenols is 2. The quantitative estimate of drug-likeness (QED) is 0.301. The number of para-hydroxylation sites is 1. The number of hydrogen-bond acceptors (Lipinski definition) is 5. The maximum absolute atomic E-state index is 11.1. The molecule has 0 fully saturated rings. The predicted molar refractivity (Wildman–Crippen MR) is 92.7 cm³/mol. The van der Waals surface area contributed by atoms with Crippen LogP contribution >= 0.6 is 0 Å². The van der Waals surface area contributed by atoms with Gasteiger partial charge in [0, 0.05) is 0 Å². The van der Waals surface area contributed by atoms with Gasteiger partial charge in [0.15, 0.2) is 0 Å². The number of nitrogens with one attached hydrogen (secondary N) is 1. The minimum absolute atomic E-state index is 0.0509. The van der Waals surface area contributed by atoms with Crippen molar-refractivity contribution in [3.63, 3.8) is 0 Å². The van der Waals surface area contributed by atoms with Gasteiger partial charge in [-0.25, -0.2) is 4.79 Å². The van der Waals surface area contributed by atoms with Crippen LogP contribution in [0.4, 0.5) is 5.69 Å². The Morgan fingerprint density at radius 3 is 2.12 bits per heavy atom. The second-order valence-corrected chi connectivity index (χ2v) is 8.52. The van der Waals surface area contributed by atoms with E-state index in [4.69, 9.17) is 18.4 Å². The first-order chi connectivity index (χ1) is 11.9. The molecule has 1 amide bonds. The van der Waals surface area contributed by atoms with E-state index in [1.165, 1.54) is 37.3 Å². The summed E-state index contributed by atoms with van der Waals surface area (Å²) in [7, 11) is 0. The largest absolute Gasteiger partial charge is 0.507 e. The zero-order valence-corrected chi connectivity index (χ0v) is 15.7. The number of phenolic OH excluding ortho intramolecular Hbond substituents is 1. The molecule has 0 spiro atoms. The number of hydrogen-bond donors (Lipinski definition) is 6. The van der Waals surface area contributed by atoms with Crippen molar-refractivity contribution in [2.24, 2.45) is 0 Å². The van der Waals surface area contributed by atoms with E-state index < -0.39 is 26.0 Å². The van der Waals surface area contributed by atoms with Crippen LogP contribution in [0.5, 0.6) is 11.5 Å². The summed E-state index contributed by atoms with van der Waals surface area (Å²) < 4.78 is 28.8. The Morgan fingerprint density at radius 2 is 1.65 bits per heavy atom. The Labute approximate surface area is 151 Å². The fourth-order valence-electron chi connectivity index (χ4n) is 1.90. The van der Waals surface area contributed by atoms with E-state index in [1.54, 1.807) is 13.0 Å². The van der Waals surface area contributed by atoms with Crippen molar-refractivity contribution in [2.45, 2.75) is 13.8 Å². The van der Waals surface area contributed by atoms with Gasteiger partial charge in [-0.2, -0.15) is 0 Å². The van der Waals surface area contributed by atoms with Crippen molar-refractivity contribution >= 4 is 36.1 Å². The molecule has 140 valence electrons. The van der Waals surface area contributed by atoms with Gasteiger partial charge in [-0.1, -0.05) is 11.6 Å². The van der Waals surface area contributed by atoms with Gasteiger partial charge in [0.05, 0.1) is 0 Å². The topological polar surface area (TPSA) is 164 Å². The minimum Gasteiger partial charge on any atom is -0.507 e. The molecule has 0 atom stereocenters. The second kappa shape index (κ2) is 8.57. The molecule has 0 saturated carbocycles. The number of carbonyl (C=O) groups excluding carboxylic acids is 1. The molecule has 0 bridgehead atoms. The summed E-state index contributed by atoms with van der Waals surface area (Å²) >= 11 is -5.14. The average Bonchev–Trinajstić information content (AvgIpc) is 2.50. The van der Waals surface area contributed by atoms with Gasteiger partial charge in [0.2, 0.25) is 0 Å². The fraction of sp³-hybridized carbons (Fsp3) is 0.125. The van der Waals surface area contributed by atoms with Gasteiger partial charge in [-0.3, -0.25) is 0 Å². The molecule has 26 heavy (non-hydrogen) atoms. The number of aryl methyl sites for hydroxylation is 1. The van der Waals surface area contributed by atoms with Gasteiger partial charge >= 0.3 is 94.1 Å². The average molecular weight is 427 g/mol. The standard InChI is InChI=1S/C8H10AsNO5.C8H8O3/c1-5(11)10-8-6(9(13,14)15)3-2-4-7(8)12;1-5-2-3-7(9)6(4-5)8(10)11/h2-4,12H,1H3,(H,10,11)(H2,13,14,15);2-4,9H,1H3,(H,10,11). The summed E-state index contributed by atoms with van der Waals surface area (Å²) in [6.45, 7) is 2.95. The van der Waals surface area contributed by atoms with E-state index in [0.717, 1.165) is 5.56 Å². The summed E-state index contributed by atoms with van der Waals surface area (Å²) in [5.74, 6) is -2.18. The molecule has 0 aliphatic carbocycles. The first kappa shape index (κ1) is 21.3. The van der Waals surface area contributed by atoms with Gasteiger partial charge in [-0.05, 0) is 19.1 Å². The third-order valence-electron chi connectivity index (χ3n) is 3.02. The monoisotopic (exact) mass is 427 g/mol. The maximum Gasteiger partial charge on any atom is 0.339 e. The van der Waals surface area contributed by atoms with Crippen molar-refractivity contribution in [3.8, 4) is 11.5 Å². The molecule has 2 rings (SSSR count). The molecule has 0 aliphatic heterocycles. The van der Waals surface area contributed by atoms with Crippen LogP contribution in [0, 0.1) is 6.92 Å². The molecule has 0 aliphatic rings. The van der Waals surface area contributed by atoms with Crippen LogP contribution in [-0.2, 0) is 8.53 Å². The molecule has 0 aromatic heterocycles. The summed E-state index contributed by atoms with van der Waals surface area (Å²) in [4.78, 5) is 21.2. The number of amides is 1. The van der Waals surface area contributed by atoms with E-state index in [0.29, 0.717) is 0 Å². The molecule has 9 nitrogen and oxygen atoms in total. The molecule has 0 unspecified atom stereocenters. The van der Waals surface area contributed by atoms with E-state index in [-0.39, 0.29) is 27.1 Å². The molecule has 6 N–H and O–H groups in total. The third-order valence-corrected chi connectivity index (χ3v) is 5.12. The smallest absolute Gasteiger partial charge is 0.339 e. The number of carboxylic acid groups (broad SMARTS) is 1. The summed E-state index contributed by atoms with van der Waals surface area (Å²) in [5, 5.41) is 29.1. The summed E-state index contributed by atoms with van der Waals surface area (Å²) in [6.07, 6.45) is 0. The molecule has 2 aromatic rings. The van der Waals surface area contributed by atoms with Crippen LogP contribution in [0.1, 0.15) is 22.8 Å². The van der Waals surface area contributed by atoms with Crippen LogP contribution in [0.15, 0.2) is 36.4 Å². The molecular formula is C16H18AsNO8. The van der Waals surface area contributed by atoms with Crippen LogP contribution < -0.4 is 9.67 Å². The number of aromatic carboxylic acids is 1. The first-order valence-corrected chi connectivity index (χ1v) is 10.5. The molecular weight excluding hydrogens is 409 g/mol. The Hall–Kier alpha value is -2.74. The Bertz CT molecular complexity index is 875. The molecule has 0 saturated heterocycles. The number of aromatic hydroxyl groups is 2. The zero-order valence-electron chi connectivity index (χ0n) is 13.9. The Morgan fingerprint density at radius 1 is 1.04 bits per heavy atom. The van der Waals surface area contributed by atoms with Crippen molar-refractivity contribution in [1.29, 1.82) is 0 Å². The van der Waals surface area contributed by atoms with Crippen molar-refractivity contribution in [1.82, 2.24) is 0 Å². The van der Waals surface area contributed by atoms with Crippen molar-refractivity contribution in [2.75, 3.05) is 5.32 Å². The molecule has 2 aromatic carbocycles. The maximum atomic E-state index is 11.1. The molecule has 0 radical (unpaired) electrons. The fourth-order valence-corrected chi connectivity index (χ4v) is 3.45. The number of benzene rings is 2. The van der Waals surface area contributed by atoms with E-state index >= 15 is 0 Å². The van der Waals surface area contributed by atoms with E-state index in [2.05, 4.69) is 5.32 Å². The Kier molecular flexibility index (Phi) is 7.02. The zero-order chi connectivity index (χ0) is 20.1. The predicted octanol–water partition coefficient (Wildman–Crippen LogP) is 0.310. The van der Waals surface area contributed by atoms with Crippen LogP contribution in [-0.4, -0.2) is 49.6 Å². The van der Waals surface area contributed by atoms with Gasteiger partial charge in [0.25, 0.3) is 0 Å². The molecule has 0 heterocycles. The number of carbonyl (C=O) groups is 2. The second-order valence-electron chi connectivity index (χ2n) is 5.22. The van der Waals surface area contributed by atoms with E-state index in [9.17, 15) is 18.4 Å². The van der Waals surface area contributed by atoms with Crippen LogP contribution in [0.25, 0.3) is 0 Å².